The van der Waals surface area contributed by atoms with Gasteiger partial charge in [-0.15, -0.1) is 0 Å². The summed E-state index contributed by atoms with van der Waals surface area (Å²) in [4.78, 5) is 11.7. The second-order valence-electron chi connectivity index (χ2n) is 4.22. The Morgan fingerprint density at radius 3 is 2.95 bits per heavy atom. The molecule has 0 aliphatic heterocycles. The quantitative estimate of drug-likeness (QED) is 0.897. The molecule has 0 spiro atoms. The van der Waals surface area contributed by atoms with E-state index in [1.54, 1.807) is 20.1 Å². The summed E-state index contributed by atoms with van der Waals surface area (Å²) in [5.41, 5.74) is 1.06. The van der Waals surface area contributed by atoms with Gasteiger partial charge in [0, 0.05) is 12.5 Å². The molecule has 5 nitrogen and oxygen atoms in total. The molecule has 100 valence electrons. The van der Waals surface area contributed by atoms with Crippen LogP contribution in [0.5, 0.6) is 5.75 Å². The van der Waals surface area contributed by atoms with Gasteiger partial charge < -0.3 is 14.6 Å². The monoisotopic (exact) mass is 260 g/mol. The van der Waals surface area contributed by atoms with Crippen LogP contribution in [0.1, 0.15) is 17.7 Å². The summed E-state index contributed by atoms with van der Waals surface area (Å²) in [7, 11) is 1.62. The van der Waals surface area contributed by atoms with Crippen LogP contribution < -0.4 is 10.1 Å². The number of carbonyl (C=O) groups is 1. The van der Waals surface area contributed by atoms with Gasteiger partial charge in [0.05, 0.1) is 7.11 Å². The molecule has 0 bridgehead atoms. The van der Waals surface area contributed by atoms with E-state index in [4.69, 9.17) is 9.26 Å². The minimum atomic E-state index is -0.0869. The molecule has 0 fully saturated rings. The van der Waals surface area contributed by atoms with E-state index in [9.17, 15) is 4.79 Å². The summed E-state index contributed by atoms with van der Waals surface area (Å²) < 4.78 is 10.0. The SMILES string of the molecule is COc1cccc(CCC(=O)Nc2cc(C)on2)c1. The van der Waals surface area contributed by atoms with E-state index < -0.39 is 0 Å². The maximum Gasteiger partial charge on any atom is 0.225 e. The molecule has 1 aromatic carbocycles. The predicted molar refractivity (Wildman–Crippen MR) is 71.2 cm³/mol. The van der Waals surface area contributed by atoms with Gasteiger partial charge in [-0.1, -0.05) is 17.3 Å². The average molecular weight is 260 g/mol. The molecule has 1 N–H and O–H groups in total. The molecule has 0 aliphatic carbocycles. The van der Waals surface area contributed by atoms with E-state index in [0.29, 0.717) is 24.4 Å². The molecule has 0 atom stereocenters. The minimum Gasteiger partial charge on any atom is -0.497 e. The number of carbonyl (C=O) groups excluding carboxylic acids is 1. The zero-order chi connectivity index (χ0) is 13.7. The Kier molecular flexibility index (Phi) is 4.18. The molecule has 5 heteroatoms. The van der Waals surface area contributed by atoms with Crippen molar-refractivity contribution < 1.29 is 14.1 Å². The Hall–Kier alpha value is -2.30. The standard InChI is InChI=1S/C14H16N2O3/c1-10-8-13(16-19-10)15-14(17)7-6-11-4-3-5-12(9-11)18-2/h3-5,8-9H,6-7H2,1-2H3,(H,15,16,17). The molecule has 0 radical (unpaired) electrons. The number of amides is 1. The molecule has 1 aromatic heterocycles. The van der Waals surface area contributed by atoms with Crippen LogP contribution in [-0.4, -0.2) is 18.2 Å². The second kappa shape index (κ2) is 6.04. The number of ether oxygens (including phenoxy) is 1. The van der Waals surface area contributed by atoms with Crippen LogP contribution in [0.15, 0.2) is 34.9 Å². The van der Waals surface area contributed by atoms with Gasteiger partial charge in [0.2, 0.25) is 5.91 Å². The first-order valence-corrected chi connectivity index (χ1v) is 6.03. The number of aryl methyl sites for hydroxylation is 2. The number of benzene rings is 1. The molecule has 0 aliphatic rings. The van der Waals surface area contributed by atoms with Gasteiger partial charge in [-0.25, -0.2) is 0 Å². The largest absolute Gasteiger partial charge is 0.497 e. The Morgan fingerprint density at radius 1 is 1.42 bits per heavy atom. The summed E-state index contributed by atoms with van der Waals surface area (Å²) in [6, 6.07) is 9.36. The van der Waals surface area contributed by atoms with Crippen molar-refractivity contribution in [3.63, 3.8) is 0 Å². The highest BCUT2D eigenvalue weighted by Gasteiger charge is 2.06. The fraction of sp³-hybridized carbons (Fsp3) is 0.286. The highest BCUT2D eigenvalue weighted by atomic mass is 16.5. The number of hydrogen-bond donors (Lipinski definition) is 1. The van der Waals surface area contributed by atoms with Crippen molar-refractivity contribution in [2.24, 2.45) is 0 Å². The van der Waals surface area contributed by atoms with Crippen LogP contribution in [0.4, 0.5) is 5.82 Å². The molecule has 0 saturated heterocycles. The number of methoxy groups -OCH3 is 1. The third-order valence-corrected chi connectivity index (χ3v) is 2.67. The normalized spacial score (nSPS) is 10.2. The van der Waals surface area contributed by atoms with Gasteiger partial charge in [-0.05, 0) is 31.0 Å². The maximum atomic E-state index is 11.7. The lowest BCUT2D eigenvalue weighted by Gasteiger charge is -2.04. The van der Waals surface area contributed by atoms with E-state index in [0.717, 1.165) is 11.3 Å². The number of nitrogens with zero attached hydrogens (tertiary/aromatic N) is 1. The Bertz CT molecular complexity index is 563. The molecular formula is C14H16N2O3. The van der Waals surface area contributed by atoms with Crippen molar-refractivity contribution in [2.75, 3.05) is 12.4 Å². The first-order chi connectivity index (χ1) is 9.17. The number of anilines is 1. The summed E-state index contributed by atoms with van der Waals surface area (Å²) in [5, 5.41) is 6.40. The van der Waals surface area contributed by atoms with Gasteiger partial charge in [0.1, 0.15) is 11.5 Å². The summed E-state index contributed by atoms with van der Waals surface area (Å²) in [6.07, 6.45) is 1.04. The highest BCUT2D eigenvalue weighted by molar-refractivity contribution is 5.89. The Labute approximate surface area is 111 Å². The topological polar surface area (TPSA) is 64.4 Å². The average Bonchev–Trinajstić information content (AvgIpc) is 2.82. The van der Waals surface area contributed by atoms with Gasteiger partial charge in [0.25, 0.3) is 0 Å². The fourth-order valence-corrected chi connectivity index (χ4v) is 1.72. The Morgan fingerprint density at radius 2 is 2.26 bits per heavy atom. The summed E-state index contributed by atoms with van der Waals surface area (Å²) >= 11 is 0. The third kappa shape index (κ3) is 3.84. The third-order valence-electron chi connectivity index (χ3n) is 2.67. The van der Waals surface area contributed by atoms with Crippen LogP contribution >= 0.6 is 0 Å². The van der Waals surface area contributed by atoms with Gasteiger partial charge in [0.15, 0.2) is 5.82 Å². The van der Waals surface area contributed by atoms with Crippen molar-refractivity contribution in [3.05, 3.63) is 41.7 Å². The smallest absolute Gasteiger partial charge is 0.225 e. The maximum absolute atomic E-state index is 11.7. The Balaban J connectivity index is 1.86. The molecule has 19 heavy (non-hydrogen) atoms. The van der Waals surface area contributed by atoms with Crippen LogP contribution in [0.3, 0.4) is 0 Å². The summed E-state index contributed by atoms with van der Waals surface area (Å²) in [5.74, 6) is 1.83. The van der Waals surface area contributed by atoms with Gasteiger partial charge >= 0.3 is 0 Å². The van der Waals surface area contributed by atoms with Gasteiger partial charge in [-0.2, -0.15) is 0 Å². The molecule has 1 amide bonds. The first kappa shape index (κ1) is 13.1. The lowest BCUT2D eigenvalue weighted by molar-refractivity contribution is -0.116. The van der Waals surface area contributed by atoms with Gasteiger partial charge in [-0.3, -0.25) is 4.79 Å². The predicted octanol–water partition coefficient (Wildman–Crippen LogP) is 2.56. The van der Waals surface area contributed by atoms with E-state index in [-0.39, 0.29) is 5.91 Å². The van der Waals surface area contributed by atoms with Crippen molar-refractivity contribution in [2.45, 2.75) is 19.8 Å². The molecule has 2 rings (SSSR count). The van der Waals surface area contributed by atoms with Crippen molar-refractivity contribution in [3.8, 4) is 5.75 Å². The van der Waals surface area contributed by atoms with E-state index in [1.807, 2.05) is 24.3 Å². The molecule has 0 unspecified atom stereocenters. The first-order valence-electron chi connectivity index (χ1n) is 6.03. The lowest BCUT2D eigenvalue weighted by Crippen LogP contribution is -2.12. The summed E-state index contributed by atoms with van der Waals surface area (Å²) in [6.45, 7) is 1.78. The molecular weight excluding hydrogens is 244 g/mol. The molecule has 1 heterocycles. The fourth-order valence-electron chi connectivity index (χ4n) is 1.72. The van der Waals surface area contributed by atoms with E-state index in [2.05, 4.69) is 10.5 Å². The number of aromatic nitrogens is 1. The zero-order valence-electron chi connectivity index (χ0n) is 11.0. The molecule has 0 saturated carbocycles. The number of nitrogens with one attached hydrogen (secondary N) is 1. The van der Waals surface area contributed by atoms with Crippen molar-refractivity contribution in [1.82, 2.24) is 5.16 Å². The van der Waals surface area contributed by atoms with Crippen LogP contribution in [0.2, 0.25) is 0 Å². The van der Waals surface area contributed by atoms with Crippen LogP contribution in [0, 0.1) is 6.92 Å². The minimum absolute atomic E-state index is 0.0869. The second-order valence-corrected chi connectivity index (χ2v) is 4.22. The van der Waals surface area contributed by atoms with Crippen molar-refractivity contribution >= 4 is 11.7 Å². The number of rotatable bonds is 5. The lowest BCUT2D eigenvalue weighted by atomic mass is 10.1. The van der Waals surface area contributed by atoms with Crippen LogP contribution in [-0.2, 0) is 11.2 Å². The molecule has 2 aromatic rings. The highest BCUT2D eigenvalue weighted by Crippen LogP contribution is 2.14. The van der Waals surface area contributed by atoms with E-state index in [1.165, 1.54) is 0 Å². The van der Waals surface area contributed by atoms with Crippen molar-refractivity contribution in [1.29, 1.82) is 0 Å². The van der Waals surface area contributed by atoms with E-state index >= 15 is 0 Å². The number of hydrogen-bond acceptors (Lipinski definition) is 4. The zero-order valence-corrected chi connectivity index (χ0v) is 11.0. The van der Waals surface area contributed by atoms with Crippen LogP contribution in [0.25, 0.3) is 0 Å².